The molecular weight excluding hydrogens is 274 g/mol. The maximum absolute atomic E-state index is 12.1. The maximum atomic E-state index is 12.1. The number of rotatable bonds is 1. The molecule has 5 nitrogen and oxygen atoms in total. The van der Waals surface area contributed by atoms with Crippen molar-refractivity contribution in [2.45, 2.75) is 39.3 Å². The molecule has 1 aromatic heterocycles. The molecule has 108 valence electrons. The van der Waals surface area contributed by atoms with Crippen LogP contribution in [0.15, 0.2) is 0 Å². The normalized spacial score (nSPS) is 14.4. The van der Waals surface area contributed by atoms with Crippen LogP contribution in [0.25, 0.3) is 0 Å². The van der Waals surface area contributed by atoms with E-state index in [-0.39, 0.29) is 6.09 Å². The summed E-state index contributed by atoms with van der Waals surface area (Å²) >= 11 is 1.60. The molecule has 0 aromatic carbocycles. The van der Waals surface area contributed by atoms with Gasteiger partial charge >= 0.3 is 6.09 Å². The van der Waals surface area contributed by atoms with E-state index < -0.39 is 5.60 Å². The van der Waals surface area contributed by atoms with Crippen LogP contribution < -0.4 is 5.32 Å². The third-order valence-electron chi connectivity index (χ3n) is 3.04. The van der Waals surface area contributed by atoms with E-state index in [1.807, 2.05) is 27.8 Å². The summed E-state index contributed by atoms with van der Waals surface area (Å²) in [6.45, 7) is 6.64. The lowest BCUT2D eigenvalue weighted by Crippen LogP contribution is -2.39. The fourth-order valence-corrected chi connectivity index (χ4v) is 3.27. The molecule has 6 heteroatoms. The van der Waals surface area contributed by atoms with E-state index in [1.165, 1.54) is 4.88 Å². The Morgan fingerprint density at radius 1 is 1.50 bits per heavy atom. The lowest BCUT2D eigenvalue weighted by Gasteiger charge is -2.30. The molecule has 1 amide bonds. The van der Waals surface area contributed by atoms with Crippen molar-refractivity contribution in [3.8, 4) is 6.07 Å². The predicted molar refractivity (Wildman–Crippen MR) is 78.9 cm³/mol. The second-order valence-corrected chi connectivity index (χ2v) is 6.83. The number of hydrogen-bond donors (Lipinski definition) is 1. The van der Waals surface area contributed by atoms with Crippen LogP contribution in [0.4, 0.5) is 9.80 Å². The number of ether oxygens (including phenoxy) is 1. The average Bonchev–Trinajstić information content (AvgIpc) is 2.73. The molecule has 0 bridgehead atoms. The second-order valence-electron chi connectivity index (χ2n) is 5.72. The van der Waals surface area contributed by atoms with Gasteiger partial charge in [0.15, 0.2) is 0 Å². The molecule has 1 aromatic rings. The fourth-order valence-electron chi connectivity index (χ4n) is 2.16. The molecule has 0 fully saturated rings. The Morgan fingerprint density at radius 2 is 2.20 bits per heavy atom. The van der Waals surface area contributed by atoms with E-state index in [4.69, 9.17) is 4.74 Å². The van der Waals surface area contributed by atoms with Gasteiger partial charge in [-0.05, 0) is 20.8 Å². The summed E-state index contributed by atoms with van der Waals surface area (Å²) in [6.07, 6.45) is 0.458. The first kappa shape index (κ1) is 14.7. The number of thiophene rings is 1. The molecule has 1 aliphatic rings. The van der Waals surface area contributed by atoms with E-state index in [2.05, 4.69) is 11.4 Å². The highest BCUT2D eigenvalue weighted by atomic mass is 32.1. The quantitative estimate of drug-likeness (QED) is 0.864. The Bertz CT molecular complexity index is 566. The highest BCUT2D eigenvalue weighted by Crippen LogP contribution is 2.36. The minimum absolute atomic E-state index is 0.316. The molecule has 2 heterocycles. The van der Waals surface area contributed by atoms with Crippen molar-refractivity contribution in [2.75, 3.05) is 18.9 Å². The summed E-state index contributed by atoms with van der Waals surface area (Å²) < 4.78 is 5.39. The second kappa shape index (κ2) is 5.33. The molecule has 2 rings (SSSR count). The van der Waals surface area contributed by atoms with Crippen LogP contribution in [-0.2, 0) is 17.7 Å². The first-order chi connectivity index (χ1) is 9.35. The fraction of sp³-hybridized carbons (Fsp3) is 0.571. The van der Waals surface area contributed by atoms with Crippen LogP contribution >= 0.6 is 11.3 Å². The van der Waals surface area contributed by atoms with Gasteiger partial charge in [-0.3, -0.25) is 0 Å². The van der Waals surface area contributed by atoms with Crippen LogP contribution in [-0.4, -0.2) is 30.2 Å². The highest BCUT2D eigenvalue weighted by Gasteiger charge is 2.29. The number of carbonyl (C=O) groups is 1. The van der Waals surface area contributed by atoms with Crippen molar-refractivity contribution in [2.24, 2.45) is 0 Å². The van der Waals surface area contributed by atoms with Gasteiger partial charge in [-0.25, -0.2) is 4.79 Å². The van der Waals surface area contributed by atoms with E-state index in [1.54, 1.807) is 16.2 Å². The van der Waals surface area contributed by atoms with Crippen LogP contribution in [0, 0.1) is 11.3 Å². The molecule has 20 heavy (non-hydrogen) atoms. The Labute approximate surface area is 123 Å². The molecule has 0 unspecified atom stereocenters. The predicted octanol–water partition coefficient (Wildman–Crippen LogP) is 2.95. The van der Waals surface area contributed by atoms with Gasteiger partial charge in [0.1, 0.15) is 16.7 Å². The van der Waals surface area contributed by atoms with Crippen molar-refractivity contribution >= 4 is 22.4 Å². The molecule has 1 N–H and O–H groups in total. The summed E-state index contributed by atoms with van der Waals surface area (Å²) in [5.41, 5.74) is 1.11. The summed E-state index contributed by atoms with van der Waals surface area (Å²) in [5.74, 6) is 0. The Kier molecular flexibility index (Phi) is 3.91. The summed E-state index contributed by atoms with van der Waals surface area (Å²) in [4.78, 5) is 15.0. The van der Waals surface area contributed by atoms with E-state index >= 15 is 0 Å². The number of nitrogens with one attached hydrogen (secondary N) is 1. The third-order valence-corrected chi connectivity index (χ3v) is 4.35. The molecular formula is C14H19N3O2S. The molecule has 0 spiro atoms. The van der Waals surface area contributed by atoms with Gasteiger partial charge in [0.2, 0.25) is 0 Å². The number of hydrogen-bond acceptors (Lipinski definition) is 5. The maximum Gasteiger partial charge on any atom is 0.410 e. The van der Waals surface area contributed by atoms with Crippen molar-refractivity contribution in [3.05, 3.63) is 16.0 Å². The van der Waals surface area contributed by atoms with Crippen molar-refractivity contribution in [3.63, 3.8) is 0 Å². The first-order valence-corrected chi connectivity index (χ1v) is 7.37. The molecule has 0 saturated heterocycles. The molecule has 1 aliphatic heterocycles. The van der Waals surface area contributed by atoms with Gasteiger partial charge in [-0.2, -0.15) is 5.26 Å². The van der Waals surface area contributed by atoms with Gasteiger partial charge in [-0.1, -0.05) is 0 Å². The Balaban J connectivity index is 2.21. The zero-order valence-electron chi connectivity index (χ0n) is 12.2. The minimum Gasteiger partial charge on any atom is -0.444 e. The summed E-state index contributed by atoms with van der Waals surface area (Å²) in [7, 11) is 1.81. The minimum atomic E-state index is -0.500. The topological polar surface area (TPSA) is 65.4 Å². The number of anilines is 1. The van der Waals surface area contributed by atoms with E-state index in [0.29, 0.717) is 18.7 Å². The standard InChI is InChI=1S/C14H19N3O2S/c1-14(2,3)19-13(18)17-6-5-11-10(8-17)9(7-15)12(16-4)20-11/h16H,5-6,8H2,1-4H3. The van der Waals surface area contributed by atoms with Gasteiger partial charge in [0.25, 0.3) is 0 Å². The van der Waals surface area contributed by atoms with Gasteiger partial charge in [0, 0.05) is 30.5 Å². The van der Waals surface area contributed by atoms with Crippen molar-refractivity contribution < 1.29 is 9.53 Å². The number of nitriles is 1. The van der Waals surface area contributed by atoms with Crippen molar-refractivity contribution in [1.29, 1.82) is 5.26 Å². The van der Waals surface area contributed by atoms with Crippen LogP contribution in [0.5, 0.6) is 0 Å². The van der Waals surface area contributed by atoms with Crippen LogP contribution in [0.1, 0.15) is 36.8 Å². The zero-order chi connectivity index (χ0) is 14.9. The zero-order valence-corrected chi connectivity index (χ0v) is 13.1. The highest BCUT2D eigenvalue weighted by molar-refractivity contribution is 7.16. The SMILES string of the molecule is CNc1sc2c(c1C#N)CN(C(=O)OC(C)(C)C)CC2. The first-order valence-electron chi connectivity index (χ1n) is 6.56. The summed E-state index contributed by atoms with van der Waals surface area (Å²) in [6, 6.07) is 2.23. The van der Waals surface area contributed by atoms with E-state index in [9.17, 15) is 10.1 Å². The molecule has 0 aliphatic carbocycles. The molecule has 0 radical (unpaired) electrons. The Hall–Kier alpha value is -1.74. The van der Waals surface area contributed by atoms with Crippen molar-refractivity contribution in [1.82, 2.24) is 4.90 Å². The van der Waals surface area contributed by atoms with Gasteiger partial charge in [-0.15, -0.1) is 11.3 Å². The van der Waals surface area contributed by atoms with Gasteiger partial charge < -0.3 is 15.0 Å². The third kappa shape index (κ3) is 2.88. The number of carbonyl (C=O) groups excluding carboxylic acids is 1. The van der Waals surface area contributed by atoms with E-state index in [0.717, 1.165) is 17.0 Å². The van der Waals surface area contributed by atoms with Crippen LogP contribution in [0.3, 0.4) is 0 Å². The Morgan fingerprint density at radius 3 is 2.75 bits per heavy atom. The van der Waals surface area contributed by atoms with Crippen LogP contribution in [0.2, 0.25) is 0 Å². The molecule has 0 saturated carbocycles. The smallest absolute Gasteiger partial charge is 0.410 e. The monoisotopic (exact) mass is 293 g/mol. The number of nitrogens with zero attached hydrogens (tertiary/aromatic N) is 2. The average molecular weight is 293 g/mol. The molecule has 0 atom stereocenters. The number of fused-ring (bicyclic) bond motifs is 1. The number of amides is 1. The summed E-state index contributed by atoms with van der Waals surface area (Å²) in [5, 5.41) is 13.2. The van der Waals surface area contributed by atoms with Gasteiger partial charge in [0.05, 0.1) is 12.1 Å². The largest absolute Gasteiger partial charge is 0.444 e. The lowest BCUT2D eigenvalue weighted by atomic mass is 10.1. The lowest BCUT2D eigenvalue weighted by molar-refractivity contribution is 0.0225.